The minimum atomic E-state index is -0.592. The van der Waals surface area contributed by atoms with Crippen LogP contribution < -0.4 is 0 Å². The van der Waals surface area contributed by atoms with Gasteiger partial charge in [0, 0.05) is 25.9 Å². The van der Waals surface area contributed by atoms with Gasteiger partial charge in [0.1, 0.15) is 5.60 Å². The number of methoxy groups -OCH3 is 1. The van der Waals surface area contributed by atoms with Gasteiger partial charge in [-0.05, 0) is 24.5 Å². The Hall–Kier alpha value is -0.930. The van der Waals surface area contributed by atoms with Crippen LogP contribution in [0.15, 0.2) is 18.5 Å². The van der Waals surface area contributed by atoms with E-state index in [0.717, 1.165) is 31.2 Å². The van der Waals surface area contributed by atoms with E-state index in [-0.39, 0.29) is 5.78 Å². The van der Waals surface area contributed by atoms with E-state index < -0.39 is 5.60 Å². The first kappa shape index (κ1) is 13.5. The number of pyridine rings is 1. The van der Waals surface area contributed by atoms with Crippen molar-refractivity contribution in [3.8, 4) is 0 Å². The third-order valence-electron chi connectivity index (χ3n) is 3.77. The van der Waals surface area contributed by atoms with Crippen molar-refractivity contribution in [1.82, 2.24) is 4.98 Å². The van der Waals surface area contributed by atoms with Gasteiger partial charge in [0.05, 0.1) is 5.02 Å². The Bertz CT molecular complexity index is 428. The molecule has 1 aromatic heterocycles. The number of Topliss-reactive ketones (excluding diaryl/α,β-unsaturated/α-hetero) is 1. The maximum atomic E-state index is 12.5. The molecule has 0 saturated heterocycles. The van der Waals surface area contributed by atoms with Gasteiger partial charge >= 0.3 is 0 Å². The van der Waals surface area contributed by atoms with Gasteiger partial charge in [0.2, 0.25) is 0 Å². The van der Waals surface area contributed by atoms with Crippen LogP contribution in [0.4, 0.5) is 0 Å². The van der Waals surface area contributed by atoms with Crippen molar-refractivity contribution in [2.45, 2.75) is 44.1 Å². The van der Waals surface area contributed by atoms with Crippen molar-refractivity contribution in [3.05, 3.63) is 29.0 Å². The molecular formula is C14H18ClNO2. The summed E-state index contributed by atoms with van der Waals surface area (Å²) in [7, 11) is 1.64. The number of nitrogens with zero attached hydrogens (tertiary/aromatic N) is 1. The van der Waals surface area contributed by atoms with E-state index in [1.54, 1.807) is 25.6 Å². The van der Waals surface area contributed by atoms with Crippen LogP contribution >= 0.6 is 11.6 Å². The second kappa shape index (κ2) is 5.81. The van der Waals surface area contributed by atoms with Crippen molar-refractivity contribution in [2.24, 2.45) is 0 Å². The minimum absolute atomic E-state index is 0.137. The molecule has 18 heavy (non-hydrogen) atoms. The van der Waals surface area contributed by atoms with E-state index >= 15 is 0 Å². The summed E-state index contributed by atoms with van der Waals surface area (Å²) >= 11 is 6.04. The van der Waals surface area contributed by atoms with Crippen LogP contribution in [0.1, 0.15) is 37.7 Å². The average molecular weight is 268 g/mol. The molecule has 1 fully saturated rings. The maximum Gasteiger partial charge on any atom is 0.169 e. The zero-order chi connectivity index (χ0) is 13.0. The average Bonchev–Trinajstić information content (AvgIpc) is 2.42. The van der Waals surface area contributed by atoms with E-state index in [1.165, 1.54) is 6.42 Å². The van der Waals surface area contributed by atoms with Gasteiger partial charge in [-0.3, -0.25) is 9.78 Å². The van der Waals surface area contributed by atoms with Crippen LogP contribution in [0.2, 0.25) is 5.02 Å². The topological polar surface area (TPSA) is 39.2 Å². The quantitative estimate of drug-likeness (QED) is 0.841. The van der Waals surface area contributed by atoms with Gasteiger partial charge in [-0.2, -0.15) is 0 Å². The highest BCUT2D eigenvalue weighted by molar-refractivity contribution is 6.31. The fourth-order valence-corrected chi connectivity index (χ4v) is 2.79. The molecule has 0 amide bonds. The molecule has 0 unspecified atom stereocenters. The Morgan fingerprint density at radius 3 is 2.78 bits per heavy atom. The number of ketones is 1. The van der Waals surface area contributed by atoms with Crippen molar-refractivity contribution in [2.75, 3.05) is 7.11 Å². The third kappa shape index (κ3) is 2.73. The lowest BCUT2D eigenvalue weighted by atomic mass is 9.80. The number of hydrogen-bond donors (Lipinski definition) is 0. The fourth-order valence-electron chi connectivity index (χ4n) is 2.60. The summed E-state index contributed by atoms with van der Waals surface area (Å²) < 4.78 is 5.54. The molecule has 0 radical (unpaired) electrons. The molecule has 0 atom stereocenters. The predicted molar refractivity (Wildman–Crippen MR) is 70.8 cm³/mol. The Morgan fingerprint density at radius 2 is 2.17 bits per heavy atom. The van der Waals surface area contributed by atoms with Crippen LogP contribution in [0, 0.1) is 0 Å². The Balaban J connectivity index is 2.13. The molecule has 2 rings (SSSR count). The van der Waals surface area contributed by atoms with Crippen molar-refractivity contribution >= 4 is 17.4 Å². The molecular weight excluding hydrogens is 250 g/mol. The lowest BCUT2D eigenvalue weighted by molar-refractivity contribution is -0.144. The maximum absolute atomic E-state index is 12.5. The number of hydrogen-bond acceptors (Lipinski definition) is 3. The second-order valence-corrected chi connectivity index (χ2v) is 5.23. The van der Waals surface area contributed by atoms with Gasteiger partial charge in [-0.15, -0.1) is 0 Å². The summed E-state index contributed by atoms with van der Waals surface area (Å²) in [5.41, 5.74) is 0.240. The number of aromatic nitrogens is 1. The number of ether oxygens (including phenoxy) is 1. The summed E-state index contributed by atoms with van der Waals surface area (Å²) in [6.07, 6.45) is 8.52. The van der Waals surface area contributed by atoms with Gasteiger partial charge < -0.3 is 4.74 Å². The molecule has 1 aromatic rings. The molecule has 0 spiro atoms. The first-order valence-electron chi connectivity index (χ1n) is 6.35. The minimum Gasteiger partial charge on any atom is -0.370 e. The second-order valence-electron chi connectivity index (χ2n) is 4.83. The summed E-state index contributed by atoms with van der Waals surface area (Å²) in [5, 5.41) is 0.549. The van der Waals surface area contributed by atoms with Crippen LogP contribution in [-0.2, 0) is 16.0 Å². The Labute approximate surface area is 113 Å². The first-order chi connectivity index (χ1) is 8.68. The Kier molecular flexibility index (Phi) is 4.36. The summed E-state index contributed by atoms with van der Waals surface area (Å²) in [5.74, 6) is 0.137. The van der Waals surface area contributed by atoms with E-state index in [0.29, 0.717) is 11.4 Å². The molecule has 0 aliphatic heterocycles. The van der Waals surface area contributed by atoms with Crippen molar-refractivity contribution in [1.29, 1.82) is 0 Å². The largest absolute Gasteiger partial charge is 0.370 e. The van der Waals surface area contributed by atoms with Crippen LogP contribution in [0.5, 0.6) is 0 Å². The normalized spacial score (nSPS) is 18.6. The molecule has 98 valence electrons. The van der Waals surface area contributed by atoms with E-state index in [2.05, 4.69) is 4.98 Å². The highest BCUT2D eigenvalue weighted by Crippen LogP contribution is 2.33. The predicted octanol–water partition coefficient (Wildman–Crippen LogP) is 3.20. The van der Waals surface area contributed by atoms with E-state index in [4.69, 9.17) is 16.3 Å². The molecule has 0 bridgehead atoms. The summed E-state index contributed by atoms with van der Waals surface area (Å²) in [6.45, 7) is 0. The fraction of sp³-hybridized carbons (Fsp3) is 0.571. The highest BCUT2D eigenvalue weighted by Gasteiger charge is 2.39. The number of halogens is 1. The molecule has 1 saturated carbocycles. The first-order valence-corrected chi connectivity index (χ1v) is 6.72. The SMILES string of the molecule is COC1(C(=O)Cc2ccncc2Cl)CCCCC1. The molecule has 0 aromatic carbocycles. The zero-order valence-corrected chi connectivity index (χ0v) is 11.4. The molecule has 1 heterocycles. The molecule has 1 aliphatic rings. The monoisotopic (exact) mass is 267 g/mol. The van der Waals surface area contributed by atoms with Crippen molar-refractivity contribution < 1.29 is 9.53 Å². The van der Waals surface area contributed by atoms with Gasteiger partial charge in [-0.25, -0.2) is 0 Å². The molecule has 4 heteroatoms. The molecule has 1 aliphatic carbocycles. The van der Waals surface area contributed by atoms with Gasteiger partial charge in [0.25, 0.3) is 0 Å². The van der Waals surface area contributed by atoms with Crippen LogP contribution in [0.25, 0.3) is 0 Å². The smallest absolute Gasteiger partial charge is 0.169 e. The number of carbonyl (C=O) groups excluding carboxylic acids is 1. The molecule has 0 N–H and O–H groups in total. The lowest BCUT2D eigenvalue weighted by Crippen LogP contribution is -2.43. The standard InChI is InChI=1S/C14H18ClNO2/c1-18-14(6-3-2-4-7-14)13(17)9-11-5-8-16-10-12(11)15/h5,8,10H,2-4,6-7,9H2,1H3. The Morgan fingerprint density at radius 1 is 1.44 bits per heavy atom. The van der Waals surface area contributed by atoms with Crippen LogP contribution in [0.3, 0.4) is 0 Å². The van der Waals surface area contributed by atoms with Crippen LogP contribution in [-0.4, -0.2) is 23.5 Å². The summed E-state index contributed by atoms with van der Waals surface area (Å²) in [4.78, 5) is 16.4. The van der Waals surface area contributed by atoms with Crippen molar-refractivity contribution in [3.63, 3.8) is 0 Å². The third-order valence-corrected chi connectivity index (χ3v) is 4.11. The van der Waals surface area contributed by atoms with E-state index in [9.17, 15) is 4.79 Å². The highest BCUT2D eigenvalue weighted by atomic mass is 35.5. The number of rotatable bonds is 4. The summed E-state index contributed by atoms with van der Waals surface area (Å²) in [6, 6.07) is 1.80. The van der Waals surface area contributed by atoms with E-state index in [1.807, 2.05) is 0 Å². The zero-order valence-electron chi connectivity index (χ0n) is 10.6. The number of carbonyl (C=O) groups is 1. The lowest BCUT2D eigenvalue weighted by Gasteiger charge is -2.34. The van der Waals surface area contributed by atoms with Gasteiger partial charge in [0.15, 0.2) is 5.78 Å². The van der Waals surface area contributed by atoms with Gasteiger partial charge in [-0.1, -0.05) is 30.9 Å². The molecule has 3 nitrogen and oxygen atoms in total.